The lowest BCUT2D eigenvalue weighted by Gasteiger charge is -2.09. The number of para-hydroxylation sites is 1. The van der Waals surface area contributed by atoms with Crippen molar-refractivity contribution >= 4 is 16.6 Å². The number of ether oxygens (including phenoxy) is 2. The second-order valence-corrected chi connectivity index (χ2v) is 5.59. The molecular formula is C13H16O4S. The standard InChI is InChI=1S/C13H16O4S/c1-16-12-4-2-3-5-13(12)18(15)9-11(14)10-6-7-17-8-10/h2-5,10H,6-9H2,1H3. The number of Topliss-reactive ketones (excluding diaryl/α,β-unsaturated/α-hetero) is 1. The molecule has 0 N–H and O–H groups in total. The fourth-order valence-electron chi connectivity index (χ4n) is 1.92. The molecule has 0 aromatic heterocycles. The van der Waals surface area contributed by atoms with Crippen LogP contribution in [0.1, 0.15) is 6.42 Å². The van der Waals surface area contributed by atoms with Crippen LogP contribution in [-0.2, 0) is 20.3 Å². The molecule has 0 amide bonds. The number of carbonyl (C=O) groups excluding carboxylic acids is 1. The van der Waals surface area contributed by atoms with Gasteiger partial charge in [0.05, 0.1) is 35.2 Å². The minimum absolute atomic E-state index is 0.0109. The fraction of sp³-hybridized carbons (Fsp3) is 0.462. The lowest BCUT2D eigenvalue weighted by Crippen LogP contribution is -2.21. The Bertz CT molecular complexity index is 452. The molecule has 0 bridgehead atoms. The molecule has 2 unspecified atom stereocenters. The Hall–Kier alpha value is -1.20. The minimum atomic E-state index is -1.35. The van der Waals surface area contributed by atoms with Crippen LogP contribution in [0.3, 0.4) is 0 Å². The largest absolute Gasteiger partial charge is 0.495 e. The van der Waals surface area contributed by atoms with Crippen molar-refractivity contribution in [1.82, 2.24) is 0 Å². The minimum Gasteiger partial charge on any atom is -0.495 e. The van der Waals surface area contributed by atoms with Crippen LogP contribution in [0.2, 0.25) is 0 Å². The third kappa shape index (κ3) is 2.97. The van der Waals surface area contributed by atoms with Crippen LogP contribution in [0.4, 0.5) is 0 Å². The summed E-state index contributed by atoms with van der Waals surface area (Å²) in [5.41, 5.74) is 0. The summed E-state index contributed by atoms with van der Waals surface area (Å²) >= 11 is 0. The van der Waals surface area contributed by atoms with Gasteiger partial charge in [-0.2, -0.15) is 0 Å². The van der Waals surface area contributed by atoms with E-state index in [0.29, 0.717) is 23.9 Å². The number of benzene rings is 1. The SMILES string of the molecule is COc1ccccc1S(=O)CC(=O)C1CCOC1. The zero-order chi connectivity index (χ0) is 13.0. The van der Waals surface area contributed by atoms with Gasteiger partial charge in [-0.25, -0.2) is 0 Å². The molecule has 5 heteroatoms. The van der Waals surface area contributed by atoms with E-state index in [2.05, 4.69) is 0 Å². The highest BCUT2D eigenvalue weighted by molar-refractivity contribution is 7.85. The molecule has 98 valence electrons. The van der Waals surface area contributed by atoms with Gasteiger partial charge in [-0.3, -0.25) is 9.00 Å². The van der Waals surface area contributed by atoms with Gasteiger partial charge in [0.15, 0.2) is 5.78 Å². The molecule has 1 fully saturated rings. The van der Waals surface area contributed by atoms with Gasteiger partial charge >= 0.3 is 0 Å². The second kappa shape index (κ2) is 6.11. The number of methoxy groups -OCH3 is 1. The predicted octanol–water partition coefficient (Wildman–Crippen LogP) is 1.41. The van der Waals surface area contributed by atoms with E-state index in [1.165, 1.54) is 7.11 Å². The predicted molar refractivity (Wildman–Crippen MR) is 68.2 cm³/mol. The molecule has 2 rings (SSSR count). The average Bonchev–Trinajstić information content (AvgIpc) is 2.92. The Labute approximate surface area is 109 Å². The highest BCUT2D eigenvalue weighted by Crippen LogP contribution is 2.22. The molecule has 0 aliphatic carbocycles. The Morgan fingerprint density at radius 3 is 2.94 bits per heavy atom. The summed E-state index contributed by atoms with van der Waals surface area (Å²) in [7, 11) is 0.179. The first-order valence-corrected chi connectivity index (χ1v) is 7.16. The van der Waals surface area contributed by atoms with Crippen LogP contribution in [0.5, 0.6) is 5.75 Å². The van der Waals surface area contributed by atoms with Crippen LogP contribution in [0.15, 0.2) is 29.2 Å². The summed E-state index contributed by atoms with van der Waals surface area (Å²) in [6.07, 6.45) is 0.738. The topological polar surface area (TPSA) is 52.6 Å². The van der Waals surface area contributed by atoms with Gasteiger partial charge < -0.3 is 9.47 Å². The van der Waals surface area contributed by atoms with E-state index in [0.717, 1.165) is 6.42 Å². The first-order valence-electron chi connectivity index (χ1n) is 5.84. The molecule has 1 aliphatic heterocycles. The normalized spacial score (nSPS) is 20.6. The van der Waals surface area contributed by atoms with Gasteiger partial charge in [0, 0.05) is 12.5 Å². The smallest absolute Gasteiger partial charge is 0.151 e. The molecule has 4 nitrogen and oxygen atoms in total. The number of hydrogen-bond acceptors (Lipinski definition) is 4. The maximum Gasteiger partial charge on any atom is 0.151 e. The van der Waals surface area contributed by atoms with Crippen molar-refractivity contribution in [2.24, 2.45) is 5.92 Å². The first kappa shape index (κ1) is 13.2. The molecule has 1 aromatic carbocycles. The van der Waals surface area contributed by atoms with Crippen molar-refractivity contribution in [2.75, 3.05) is 26.1 Å². The lowest BCUT2D eigenvalue weighted by molar-refractivity contribution is -0.120. The lowest BCUT2D eigenvalue weighted by atomic mass is 10.1. The third-order valence-corrected chi connectivity index (χ3v) is 4.35. The summed E-state index contributed by atoms with van der Waals surface area (Å²) in [5.74, 6) is 0.515. The van der Waals surface area contributed by atoms with Gasteiger partial charge in [-0.15, -0.1) is 0 Å². The van der Waals surface area contributed by atoms with E-state index in [9.17, 15) is 9.00 Å². The highest BCUT2D eigenvalue weighted by atomic mass is 32.2. The Balaban J connectivity index is 2.05. The van der Waals surface area contributed by atoms with Gasteiger partial charge in [-0.1, -0.05) is 12.1 Å². The van der Waals surface area contributed by atoms with E-state index < -0.39 is 10.8 Å². The van der Waals surface area contributed by atoms with Gasteiger partial charge in [0.1, 0.15) is 5.75 Å². The molecular weight excluding hydrogens is 252 g/mol. The third-order valence-electron chi connectivity index (χ3n) is 2.97. The monoisotopic (exact) mass is 268 g/mol. The Morgan fingerprint density at radius 1 is 1.50 bits per heavy atom. The van der Waals surface area contributed by atoms with E-state index in [1.54, 1.807) is 18.2 Å². The number of ketones is 1. The molecule has 2 atom stereocenters. The summed E-state index contributed by atoms with van der Waals surface area (Å²) in [6, 6.07) is 7.08. The van der Waals surface area contributed by atoms with E-state index in [4.69, 9.17) is 9.47 Å². The Kier molecular flexibility index (Phi) is 4.49. The van der Waals surface area contributed by atoms with Crippen LogP contribution >= 0.6 is 0 Å². The zero-order valence-corrected chi connectivity index (χ0v) is 11.1. The quantitative estimate of drug-likeness (QED) is 0.810. The number of hydrogen-bond donors (Lipinski definition) is 0. The molecule has 0 radical (unpaired) electrons. The molecule has 0 spiro atoms. The van der Waals surface area contributed by atoms with E-state index >= 15 is 0 Å². The number of carbonyl (C=O) groups is 1. The zero-order valence-electron chi connectivity index (χ0n) is 10.3. The maximum atomic E-state index is 12.2. The summed E-state index contributed by atoms with van der Waals surface area (Å²) in [5, 5.41) is 0. The van der Waals surface area contributed by atoms with Gasteiger partial charge in [-0.05, 0) is 18.6 Å². The van der Waals surface area contributed by atoms with Crippen LogP contribution in [0, 0.1) is 5.92 Å². The average molecular weight is 268 g/mol. The summed E-state index contributed by atoms with van der Waals surface area (Å²) in [4.78, 5) is 12.5. The summed E-state index contributed by atoms with van der Waals surface area (Å²) < 4.78 is 22.5. The van der Waals surface area contributed by atoms with E-state index in [1.807, 2.05) is 6.07 Å². The molecule has 0 saturated carbocycles. The Morgan fingerprint density at radius 2 is 2.28 bits per heavy atom. The molecule has 1 aliphatic rings. The second-order valence-electron chi connectivity index (χ2n) is 4.17. The fourth-order valence-corrected chi connectivity index (χ4v) is 3.18. The molecule has 1 aromatic rings. The van der Waals surface area contributed by atoms with Crippen LogP contribution in [-0.4, -0.2) is 36.1 Å². The van der Waals surface area contributed by atoms with Crippen molar-refractivity contribution in [3.8, 4) is 5.75 Å². The van der Waals surface area contributed by atoms with Crippen molar-refractivity contribution in [3.63, 3.8) is 0 Å². The first-order chi connectivity index (χ1) is 8.72. The van der Waals surface area contributed by atoms with Crippen LogP contribution in [0.25, 0.3) is 0 Å². The number of rotatable bonds is 5. The van der Waals surface area contributed by atoms with Crippen molar-refractivity contribution in [2.45, 2.75) is 11.3 Å². The van der Waals surface area contributed by atoms with Gasteiger partial charge in [0.2, 0.25) is 0 Å². The molecule has 18 heavy (non-hydrogen) atoms. The van der Waals surface area contributed by atoms with Crippen molar-refractivity contribution in [3.05, 3.63) is 24.3 Å². The van der Waals surface area contributed by atoms with Crippen molar-refractivity contribution in [1.29, 1.82) is 0 Å². The highest BCUT2D eigenvalue weighted by Gasteiger charge is 2.25. The molecule has 1 saturated heterocycles. The van der Waals surface area contributed by atoms with Crippen LogP contribution < -0.4 is 4.74 Å². The van der Waals surface area contributed by atoms with Crippen molar-refractivity contribution < 1.29 is 18.5 Å². The molecule has 1 heterocycles. The summed E-state index contributed by atoms with van der Waals surface area (Å²) in [6.45, 7) is 1.08. The van der Waals surface area contributed by atoms with E-state index in [-0.39, 0.29) is 17.5 Å². The maximum absolute atomic E-state index is 12.2. The van der Waals surface area contributed by atoms with Gasteiger partial charge in [0.25, 0.3) is 0 Å².